The number of furan rings is 1. The fourth-order valence-corrected chi connectivity index (χ4v) is 2.01. The molecule has 2 unspecified atom stereocenters. The molecule has 2 atom stereocenters. The molecule has 0 aliphatic heterocycles. The number of ether oxygens (including phenoxy) is 1. The molecule has 0 bridgehead atoms. The second kappa shape index (κ2) is 7.24. The van der Waals surface area contributed by atoms with E-state index in [1.54, 1.807) is 7.11 Å². The molecule has 1 aromatic heterocycles. The Bertz CT molecular complexity index is 509. The van der Waals surface area contributed by atoms with Crippen LogP contribution >= 0.6 is 0 Å². The number of hydrogen-bond acceptors (Lipinski definition) is 4. The third-order valence-electron chi connectivity index (χ3n) is 3.13. The highest BCUT2D eigenvalue weighted by Crippen LogP contribution is 2.24. The molecule has 0 saturated heterocycles. The highest BCUT2D eigenvalue weighted by Gasteiger charge is 2.12. The highest BCUT2D eigenvalue weighted by atomic mass is 16.5. The molecule has 4 heteroatoms. The van der Waals surface area contributed by atoms with Crippen LogP contribution in [0.4, 0.5) is 0 Å². The fourth-order valence-electron chi connectivity index (χ4n) is 2.01. The Morgan fingerprint density at radius 2 is 1.95 bits per heavy atom. The first kappa shape index (κ1) is 14.8. The van der Waals surface area contributed by atoms with Crippen molar-refractivity contribution in [1.29, 1.82) is 0 Å². The molecule has 2 N–H and O–H groups in total. The number of aliphatic hydroxyl groups excluding tert-OH is 1. The zero-order valence-electron chi connectivity index (χ0n) is 11.9. The van der Waals surface area contributed by atoms with E-state index < -0.39 is 6.10 Å². The number of methoxy groups -OCH3 is 1. The van der Waals surface area contributed by atoms with Gasteiger partial charge in [0.1, 0.15) is 11.5 Å². The van der Waals surface area contributed by atoms with Crippen LogP contribution in [-0.2, 0) is 4.74 Å². The average Bonchev–Trinajstić information content (AvgIpc) is 2.96. The van der Waals surface area contributed by atoms with Gasteiger partial charge in [-0.2, -0.15) is 0 Å². The van der Waals surface area contributed by atoms with Crippen LogP contribution in [0.25, 0.3) is 11.3 Å². The first-order valence-corrected chi connectivity index (χ1v) is 6.76. The molecule has 1 aromatic carbocycles. The van der Waals surface area contributed by atoms with E-state index in [0.29, 0.717) is 13.2 Å². The summed E-state index contributed by atoms with van der Waals surface area (Å²) in [7, 11) is 1.57. The van der Waals surface area contributed by atoms with Crippen LogP contribution in [-0.4, -0.2) is 31.5 Å². The van der Waals surface area contributed by atoms with Gasteiger partial charge >= 0.3 is 0 Å². The van der Waals surface area contributed by atoms with Crippen molar-refractivity contribution >= 4 is 0 Å². The number of nitrogens with one attached hydrogen (secondary N) is 1. The van der Waals surface area contributed by atoms with Gasteiger partial charge in [-0.25, -0.2) is 0 Å². The Hall–Kier alpha value is -1.62. The van der Waals surface area contributed by atoms with Crippen molar-refractivity contribution in [2.75, 3.05) is 20.3 Å². The highest BCUT2D eigenvalue weighted by molar-refractivity contribution is 5.57. The van der Waals surface area contributed by atoms with Gasteiger partial charge in [0, 0.05) is 19.2 Å². The molecule has 0 radical (unpaired) electrons. The van der Waals surface area contributed by atoms with Gasteiger partial charge < -0.3 is 19.6 Å². The summed E-state index contributed by atoms with van der Waals surface area (Å²) in [4.78, 5) is 0. The average molecular weight is 275 g/mol. The van der Waals surface area contributed by atoms with E-state index in [1.807, 2.05) is 49.4 Å². The number of rotatable bonds is 7. The van der Waals surface area contributed by atoms with Gasteiger partial charge in [0.2, 0.25) is 0 Å². The molecule has 2 aromatic rings. The zero-order valence-corrected chi connectivity index (χ0v) is 11.9. The van der Waals surface area contributed by atoms with Crippen LogP contribution in [0.3, 0.4) is 0 Å². The number of benzene rings is 1. The van der Waals surface area contributed by atoms with Crippen molar-refractivity contribution in [3.8, 4) is 11.3 Å². The predicted molar refractivity (Wildman–Crippen MR) is 78.4 cm³/mol. The van der Waals surface area contributed by atoms with E-state index >= 15 is 0 Å². The summed E-state index contributed by atoms with van der Waals surface area (Å²) in [5.74, 6) is 1.71. The monoisotopic (exact) mass is 275 g/mol. The van der Waals surface area contributed by atoms with Crippen LogP contribution in [0.15, 0.2) is 46.9 Å². The third kappa shape index (κ3) is 3.93. The van der Waals surface area contributed by atoms with Gasteiger partial charge in [0.15, 0.2) is 0 Å². The maximum atomic E-state index is 9.61. The molecule has 4 nitrogen and oxygen atoms in total. The van der Waals surface area contributed by atoms with E-state index in [9.17, 15) is 5.11 Å². The van der Waals surface area contributed by atoms with E-state index in [-0.39, 0.29) is 6.04 Å². The summed E-state index contributed by atoms with van der Waals surface area (Å²) in [5, 5.41) is 12.8. The first-order valence-electron chi connectivity index (χ1n) is 6.76. The molecule has 0 amide bonds. The minimum absolute atomic E-state index is 0.0407. The van der Waals surface area contributed by atoms with E-state index in [0.717, 1.165) is 17.1 Å². The lowest BCUT2D eigenvalue weighted by Crippen LogP contribution is -2.31. The van der Waals surface area contributed by atoms with Crippen molar-refractivity contribution < 1.29 is 14.3 Å². The van der Waals surface area contributed by atoms with Crippen LogP contribution in [0, 0.1) is 0 Å². The Morgan fingerprint density at radius 1 is 1.20 bits per heavy atom. The lowest BCUT2D eigenvalue weighted by Gasteiger charge is -2.15. The summed E-state index contributed by atoms with van der Waals surface area (Å²) < 4.78 is 10.7. The van der Waals surface area contributed by atoms with Crippen molar-refractivity contribution in [2.45, 2.75) is 19.1 Å². The minimum atomic E-state index is -0.508. The standard InChI is InChI=1S/C16H21NO3/c1-12(17-10-14(18)11-19-2)15-8-9-16(20-15)13-6-4-3-5-7-13/h3-9,12,14,17-18H,10-11H2,1-2H3. The maximum Gasteiger partial charge on any atom is 0.134 e. The molecule has 0 aliphatic carbocycles. The largest absolute Gasteiger partial charge is 0.459 e. The second-order valence-electron chi connectivity index (χ2n) is 4.81. The molecule has 20 heavy (non-hydrogen) atoms. The number of aliphatic hydroxyl groups is 1. The van der Waals surface area contributed by atoms with Gasteiger partial charge in [-0.05, 0) is 19.1 Å². The molecule has 0 spiro atoms. The third-order valence-corrected chi connectivity index (χ3v) is 3.13. The van der Waals surface area contributed by atoms with E-state index in [2.05, 4.69) is 5.32 Å². The van der Waals surface area contributed by atoms with Crippen LogP contribution in [0.5, 0.6) is 0 Å². The van der Waals surface area contributed by atoms with Crippen molar-refractivity contribution in [1.82, 2.24) is 5.32 Å². The van der Waals surface area contributed by atoms with Gasteiger partial charge in [0.25, 0.3) is 0 Å². The summed E-state index contributed by atoms with van der Waals surface area (Å²) in [6, 6.07) is 14.0. The van der Waals surface area contributed by atoms with Crippen LogP contribution in [0.1, 0.15) is 18.7 Å². The molecule has 0 saturated carbocycles. The second-order valence-corrected chi connectivity index (χ2v) is 4.81. The molecule has 1 heterocycles. The summed E-state index contributed by atoms with van der Waals surface area (Å²) in [5.41, 5.74) is 1.06. The van der Waals surface area contributed by atoms with Gasteiger partial charge in [0.05, 0.1) is 18.8 Å². The van der Waals surface area contributed by atoms with E-state index in [4.69, 9.17) is 9.15 Å². The topological polar surface area (TPSA) is 54.6 Å². The smallest absolute Gasteiger partial charge is 0.134 e. The maximum absolute atomic E-state index is 9.61. The number of hydrogen-bond donors (Lipinski definition) is 2. The molecule has 108 valence electrons. The summed E-state index contributed by atoms with van der Waals surface area (Å²) >= 11 is 0. The Morgan fingerprint density at radius 3 is 2.65 bits per heavy atom. The normalized spacial score (nSPS) is 14.2. The first-order chi connectivity index (χ1) is 9.70. The Kier molecular flexibility index (Phi) is 5.35. The van der Waals surface area contributed by atoms with Gasteiger partial charge in [-0.15, -0.1) is 0 Å². The van der Waals surface area contributed by atoms with Crippen LogP contribution < -0.4 is 5.32 Å². The van der Waals surface area contributed by atoms with Crippen molar-refractivity contribution in [3.05, 3.63) is 48.2 Å². The summed E-state index contributed by atoms with van der Waals surface area (Å²) in [6.45, 7) is 2.80. The van der Waals surface area contributed by atoms with E-state index in [1.165, 1.54) is 0 Å². The van der Waals surface area contributed by atoms with Crippen LogP contribution in [0.2, 0.25) is 0 Å². The van der Waals surface area contributed by atoms with Crippen molar-refractivity contribution in [2.24, 2.45) is 0 Å². The quantitative estimate of drug-likeness (QED) is 0.815. The molecule has 0 aliphatic rings. The lowest BCUT2D eigenvalue weighted by atomic mass is 10.2. The van der Waals surface area contributed by atoms with Gasteiger partial charge in [-0.3, -0.25) is 0 Å². The molecular formula is C16H21NO3. The molecule has 0 fully saturated rings. The molecule has 2 rings (SSSR count). The van der Waals surface area contributed by atoms with Crippen molar-refractivity contribution in [3.63, 3.8) is 0 Å². The predicted octanol–water partition coefficient (Wildman–Crippen LogP) is 2.60. The Labute approximate surface area is 119 Å². The Balaban J connectivity index is 1.95. The zero-order chi connectivity index (χ0) is 14.4. The SMILES string of the molecule is COCC(O)CNC(C)c1ccc(-c2ccccc2)o1. The summed E-state index contributed by atoms with van der Waals surface area (Å²) in [6.07, 6.45) is -0.508. The molecular weight excluding hydrogens is 254 g/mol. The fraction of sp³-hybridized carbons (Fsp3) is 0.375. The lowest BCUT2D eigenvalue weighted by molar-refractivity contribution is 0.0626. The minimum Gasteiger partial charge on any atom is -0.459 e. The van der Waals surface area contributed by atoms with Gasteiger partial charge in [-0.1, -0.05) is 30.3 Å².